The van der Waals surface area contributed by atoms with Gasteiger partial charge in [-0.2, -0.15) is 11.8 Å². The average Bonchev–Trinajstić information content (AvgIpc) is 2.43. The van der Waals surface area contributed by atoms with Gasteiger partial charge in [0.1, 0.15) is 6.04 Å². The Morgan fingerprint density at radius 2 is 2.10 bits per heavy atom. The highest BCUT2D eigenvalue weighted by molar-refractivity contribution is 7.98. The summed E-state index contributed by atoms with van der Waals surface area (Å²) in [5.74, 6) is -0.0136. The van der Waals surface area contributed by atoms with Crippen molar-refractivity contribution in [1.29, 1.82) is 0 Å². The highest BCUT2D eigenvalue weighted by atomic mass is 32.2. The topological polar surface area (TPSA) is 81.4 Å². The molecule has 1 amide bonds. The molecule has 1 atom stereocenters. The van der Waals surface area contributed by atoms with Crippen molar-refractivity contribution < 1.29 is 14.3 Å². The van der Waals surface area contributed by atoms with Gasteiger partial charge in [-0.15, -0.1) is 0 Å². The van der Waals surface area contributed by atoms with Crippen LogP contribution in [0.3, 0.4) is 0 Å². The molecular formula is C14H20N2O3S. The maximum absolute atomic E-state index is 12.1. The number of carbonyl (C=O) groups is 2. The quantitative estimate of drug-likeness (QED) is 0.591. The highest BCUT2D eigenvalue weighted by Crippen LogP contribution is 2.11. The van der Waals surface area contributed by atoms with Crippen LogP contribution in [0, 0.1) is 0 Å². The number of hydrogen-bond donors (Lipinski definition) is 2. The van der Waals surface area contributed by atoms with Gasteiger partial charge in [0.15, 0.2) is 0 Å². The van der Waals surface area contributed by atoms with E-state index in [9.17, 15) is 9.59 Å². The number of nitrogen functional groups attached to an aromatic ring is 1. The molecule has 1 aromatic rings. The molecule has 110 valence electrons. The molecule has 1 aromatic carbocycles. The number of anilines is 1. The average molecular weight is 296 g/mol. The Hall–Kier alpha value is -1.69. The number of rotatable bonds is 7. The Morgan fingerprint density at radius 1 is 1.40 bits per heavy atom. The summed E-state index contributed by atoms with van der Waals surface area (Å²) >= 11 is 1.61. The number of amides is 1. The predicted molar refractivity (Wildman–Crippen MR) is 81.7 cm³/mol. The first-order chi connectivity index (χ1) is 9.60. The zero-order valence-corrected chi connectivity index (χ0v) is 12.5. The minimum atomic E-state index is -0.644. The van der Waals surface area contributed by atoms with E-state index in [1.807, 2.05) is 6.26 Å². The normalized spacial score (nSPS) is 11.7. The van der Waals surface area contributed by atoms with Crippen molar-refractivity contribution in [2.45, 2.75) is 19.4 Å². The number of thioether (sulfide) groups is 1. The van der Waals surface area contributed by atoms with Gasteiger partial charge in [-0.3, -0.25) is 4.79 Å². The fourth-order valence-electron chi connectivity index (χ4n) is 1.67. The molecule has 0 spiro atoms. The third kappa shape index (κ3) is 4.77. The molecule has 3 N–H and O–H groups in total. The summed E-state index contributed by atoms with van der Waals surface area (Å²) in [5.41, 5.74) is 6.50. The Labute approximate surface area is 123 Å². The summed E-state index contributed by atoms with van der Waals surface area (Å²) in [6, 6.07) is 6.11. The number of nitrogens with two attached hydrogens (primary N) is 1. The molecule has 0 saturated carbocycles. The van der Waals surface area contributed by atoms with Crippen molar-refractivity contribution in [2.75, 3.05) is 24.3 Å². The summed E-state index contributed by atoms with van der Waals surface area (Å²) < 4.78 is 4.97. The lowest BCUT2D eigenvalue weighted by Crippen LogP contribution is -2.42. The SMILES string of the molecule is CCOC(=O)[C@H](CCSC)NC(=O)c1ccccc1N. The van der Waals surface area contributed by atoms with Crippen molar-refractivity contribution in [1.82, 2.24) is 5.32 Å². The van der Waals surface area contributed by atoms with Gasteiger partial charge in [0.05, 0.1) is 12.2 Å². The Bertz CT molecular complexity index is 465. The molecule has 5 nitrogen and oxygen atoms in total. The Kier molecular flexibility index (Phi) is 6.93. The molecule has 20 heavy (non-hydrogen) atoms. The van der Waals surface area contributed by atoms with Gasteiger partial charge in [-0.05, 0) is 37.5 Å². The molecule has 0 unspecified atom stereocenters. The fraction of sp³-hybridized carbons (Fsp3) is 0.429. The molecule has 6 heteroatoms. The van der Waals surface area contributed by atoms with E-state index in [4.69, 9.17) is 10.5 Å². The van der Waals surface area contributed by atoms with Crippen molar-refractivity contribution in [2.24, 2.45) is 0 Å². The third-order valence-electron chi connectivity index (χ3n) is 2.69. The van der Waals surface area contributed by atoms with Crippen LogP contribution < -0.4 is 11.1 Å². The summed E-state index contributed by atoms with van der Waals surface area (Å²) in [6.07, 6.45) is 2.47. The highest BCUT2D eigenvalue weighted by Gasteiger charge is 2.22. The standard InChI is InChI=1S/C14H20N2O3S/c1-3-19-14(18)12(8-9-20-2)16-13(17)10-6-4-5-7-11(10)15/h4-7,12H,3,8-9,15H2,1-2H3,(H,16,17)/t12-/m0/s1. The van der Waals surface area contributed by atoms with E-state index in [0.717, 1.165) is 5.75 Å². The van der Waals surface area contributed by atoms with Crippen LogP contribution in [0.2, 0.25) is 0 Å². The maximum atomic E-state index is 12.1. The lowest BCUT2D eigenvalue weighted by Gasteiger charge is -2.17. The van der Waals surface area contributed by atoms with Gasteiger partial charge >= 0.3 is 5.97 Å². The zero-order chi connectivity index (χ0) is 15.0. The van der Waals surface area contributed by atoms with Gasteiger partial charge in [-0.25, -0.2) is 4.79 Å². The van der Waals surface area contributed by atoms with Crippen LogP contribution in [-0.2, 0) is 9.53 Å². The monoisotopic (exact) mass is 296 g/mol. The van der Waals surface area contributed by atoms with E-state index >= 15 is 0 Å². The second kappa shape index (κ2) is 8.47. The summed E-state index contributed by atoms with van der Waals surface area (Å²) in [4.78, 5) is 24.0. The minimum Gasteiger partial charge on any atom is -0.464 e. The first-order valence-corrected chi connectivity index (χ1v) is 7.80. The molecule has 0 heterocycles. The van der Waals surface area contributed by atoms with E-state index in [-0.39, 0.29) is 12.5 Å². The first kappa shape index (κ1) is 16.4. The second-order valence-electron chi connectivity index (χ2n) is 4.15. The molecule has 1 rings (SSSR count). The van der Waals surface area contributed by atoms with Crippen LogP contribution in [0.25, 0.3) is 0 Å². The van der Waals surface area contributed by atoms with Crippen molar-refractivity contribution in [3.05, 3.63) is 29.8 Å². The van der Waals surface area contributed by atoms with Gasteiger partial charge in [0.25, 0.3) is 5.91 Å². The molecule has 0 radical (unpaired) electrons. The molecule has 0 aliphatic rings. The van der Waals surface area contributed by atoms with Crippen molar-refractivity contribution in [3.8, 4) is 0 Å². The van der Waals surface area contributed by atoms with Crippen LogP contribution in [0.15, 0.2) is 24.3 Å². The van der Waals surface area contributed by atoms with E-state index in [0.29, 0.717) is 17.7 Å². The molecule has 0 fully saturated rings. The fourth-order valence-corrected chi connectivity index (χ4v) is 2.14. The predicted octanol–water partition coefficient (Wildman–Crippen LogP) is 1.68. The Morgan fingerprint density at radius 3 is 2.70 bits per heavy atom. The van der Waals surface area contributed by atoms with Crippen LogP contribution in [0.1, 0.15) is 23.7 Å². The number of nitrogens with one attached hydrogen (secondary N) is 1. The Balaban J connectivity index is 2.76. The number of carbonyl (C=O) groups excluding carboxylic acids is 2. The molecule has 0 aromatic heterocycles. The molecule has 0 saturated heterocycles. The lowest BCUT2D eigenvalue weighted by molar-refractivity contribution is -0.145. The van der Waals surface area contributed by atoms with Gasteiger partial charge in [0, 0.05) is 5.69 Å². The van der Waals surface area contributed by atoms with Crippen molar-refractivity contribution >= 4 is 29.3 Å². The first-order valence-electron chi connectivity index (χ1n) is 6.41. The number of ether oxygens (including phenoxy) is 1. The molecular weight excluding hydrogens is 276 g/mol. The number of hydrogen-bond acceptors (Lipinski definition) is 5. The smallest absolute Gasteiger partial charge is 0.328 e. The largest absolute Gasteiger partial charge is 0.464 e. The molecule has 0 aliphatic heterocycles. The maximum Gasteiger partial charge on any atom is 0.328 e. The second-order valence-corrected chi connectivity index (χ2v) is 5.13. The van der Waals surface area contributed by atoms with E-state index in [2.05, 4.69) is 5.32 Å². The van der Waals surface area contributed by atoms with Crippen LogP contribution in [0.5, 0.6) is 0 Å². The van der Waals surface area contributed by atoms with Gasteiger partial charge in [0.2, 0.25) is 0 Å². The minimum absolute atomic E-state index is 0.290. The lowest BCUT2D eigenvalue weighted by atomic mass is 10.1. The zero-order valence-electron chi connectivity index (χ0n) is 11.7. The van der Waals surface area contributed by atoms with Crippen LogP contribution in [0.4, 0.5) is 5.69 Å². The summed E-state index contributed by atoms with van der Waals surface area (Å²) in [7, 11) is 0. The van der Waals surface area contributed by atoms with E-state index < -0.39 is 12.0 Å². The van der Waals surface area contributed by atoms with E-state index in [1.165, 1.54) is 0 Å². The van der Waals surface area contributed by atoms with Crippen LogP contribution >= 0.6 is 11.8 Å². The number of benzene rings is 1. The number of esters is 1. The molecule has 0 bridgehead atoms. The summed E-state index contributed by atoms with van der Waals surface area (Å²) in [5, 5.41) is 2.69. The number of para-hydroxylation sites is 1. The van der Waals surface area contributed by atoms with Gasteiger partial charge in [-0.1, -0.05) is 12.1 Å². The summed E-state index contributed by atoms with van der Waals surface area (Å²) in [6.45, 7) is 2.03. The molecule has 0 aliphatic carbocycles. The van der Waals surface area contributed by atoms with Crippen LogP contribution in [-0.4, -0.2) is 36.5 Å². The van der Waals surface area contributed by atoms with Gasteiger partial charge < -0.3 is 15.8 Å². The third-order valence-corrected chi connectivity index (χ3v) is 3.34. The van der Waals surface area contributed by atoms with Crippen molar-refractivity contribution in [3.63, 3.8) is 0 Å². The van der Waals surface area contributed by atoms with E-state index in [1.54, 1.807) is 43.0 Å².